The third-order valence-electron chi connectivity index (χ3n) is 2.78. The number of amides is 1. The van der Waals surface area contributed by atoms with Crippen LogP contribution in [0, 0.1) is 0 Å². The third kappa shape index (κ3) is 2.73. The van der Waals surface area contributed by atoms with Gasteiger partial charge in [0.05, 0.1) is 6.26 Å². The Balaban J connectivity index is 2.42. The van der Waals surface area contributed by atoms with Crippen molar-refractivity contribution < 1.29 is 13.2 Å². The van der Waals surface area contributed by atoms with Crippen molar-refractivity contribution in [3.05, 3.63) is 34.3 Å². The van der Waals surface area contributed by atoms with Gasteiger partial charge in [0.25, 0.3) is 0 Å². The van der Waals surface area contributed by atoms with Gasteiger partial charge >= 0.3 is 0 Å². The van der Waals surface area contributed by atoms with Gasteiger partial charge in [0.1, 0.15) is 6.04 Å². The number of hydrogen-bond acceptors (Lipinski definition) is 3. The number of rotatable bonds is 2. The molecular weight excluding hydrogens is 320 g/mol. The summed E-state index contributed by atoms with van der Waals surface area (Å²) in [6.45, 7) is 0.643. The summed E-state index contributed by atoms with van der Waals surface area (Å²) in [6, 6.07) is 6.30. The number of benzene rings is 1. The minimum absolute atomic E-state index is 0.283. The van der Waals surface area contributed by atoms with Gasteiger partial charge in [-0.15, -0.1) is 0 Å². The highest BCUT2D eigenvalue weighted by molar-refractivity contribution is 9.10. The fraction of sp³-hybridized carbons (Fsp3) is 0.364. The minimum Gasteiger partial charge on any atom is -0.353 e. The highest BCUT2D eigenvalue weighted by atomic mass is 79.9. The van der Waals surface area contributed by atoms with Gasteiger partial charge in [-0.25, -0.2) is 8.42 Å². The van der Waals surface area contributed by atoms with Crippen LogP contribution in [-0.4, -0.2) is 38.0 Å². The van der Waals surface area contributed by atoms with Crippen molar-refractivity contribution in [1.82, 2.24) is 9.62 Å². The Kier molecular flexibility index (Phi) is 3.74. The number of hydrogen-bond donors (Lipinski definition) is 1. The van der Waals surface area contributed by atoms with Crippen molar-refractivity contribution >= 4 is 31.9 Å². The minimum atomic E-state index is -3.41. The van der Waals surface area contributed by atoms with Crippen molar-refractivity contribution in [2.45, 2.75) is 6.04 Å². The van der Waals surface area contributed by atoms with Crippen LogP contribution in [0.1, 0.15) is 11.6 Å². The van der Waals surface area contributed by atoms with Crippen molar-refractivity contribution in [2.24, 2.45) is 0 Å². The number of halogens is 1. The SMILES string of the molecule is CS(=O)(=O)N1CCNC(=O)C1c1ccc(Br)cc1. The Labute approximate surface area is 114 Å². The van der Waals surface area contributed by atoms with E-state index in [9.17, 15) is 13.2 Å². The average molecular weight is 333 g/mol. The van der Waals surface area contributed by atoms with Gasteiger partial charge in [-0.2, -0.15) is 4.31 Å². The zero-order valence-corrected chi connectivity index (χ0v) is 12.2. The molecule has 1 atom stereocenters. The van der Waals surface area contributed by atoms with Crippen LogP contribution >= 0.6 is 15.9 Å². The highest BCUT2D eigenvalue weighted by Gasteiger charge is 2.36. The molecule has 1 saturated heterocycles. The molecule has 1 amide bonds. The molecule has 0 saturated carbocycles. The first kappa shape index (κ1) is 13.5. The van der Waals surface area contributed by atoms with Crippen molar-refractivity contribution in [2.75, 3.05) is 19.3 Å². The van der Waals surface area contributed by atoms with Gasteiger partial charge in [0.15, 0.2) is 0 Å². The second-order valence-corrected chi connectivity index (χ2v) is 6.97. The zero-order chi connectivity index (χ0) is 13.3. The Morgan fingerprint density at radius 2 is 1.94 bits per heavy atom. The smallest absolute Gasteiger partial charge is 0.243 e. The summed E-state index contributed by atoms with van der Waals surface area (Å²) in [5.41, 5.74) is 0.667. The van der Waals surface area contributed by atoms with Crippen LogP contribution in [0.15, 0.2) is 28.7 Å². The largest absolute Gasteiger partial charge is 0.353 e. The summed E-state index contributed by atoms with van der Waals surface area (Å²) in [5.74, 6) is -0.283. The first-order valence-electron chi connectivity index (χ1n) is 5.39. The Bertz CT molecular complexity index is 556. The normalized spacial score (nSPS) is 21.7. The van der Waals surface area contributed by atoms with Gasteiger partial charge in [0, 0.05) is 17.6 Å². The first-order valence-corrected chi connectivity index (χ1v) is 8.04. The summed E-state index contributed by atoms with van der Waals surface area (Å²) in [6.07, 6.45) is 1.12. The van der Waals surface area contributed by atoms with Crippen LogP contribution in [0.25, 0.3) is 0 Å². The van der Waals surface area contributed by atoms with Gasteiger partial charge in [-0.1, -0.05) is 28.1 Å². The summed E-state index contributed by atoms with van der Waals surface area (Å²) in [4.78, 5) is 11.9. The van der Waals surface area contributed by atoms with Gasteiger partial charge < -0.3 is 5.32 Å². The van der Waals surface area contributed by atoms with Gasteiger partial charge in [-0.3, -0.25) is 4.79 Å². The van der Waals surface area contributed by atoms with Crippen LogP contribution in [0.5, 0.6) is 0 Å². The second kappa shape index (κ2) is 4.99. The van der Waals surface area contributed by atoms with Crippen molar-refractivity contribution in [1.29, 1.82) is 0 Å². The van der Waals surface area contributed by atoms with E-state index >= 15 is 0 Å². The molecule has 1 aromatic rings. The van der Waals surface area contributed by atoms with Crippen LogP contribution in [0.4, 0.5) is 0 Å². The molecule has 1 heterocycles. The van der Waals surface area contributed by atoms with E-state index < -0.39 is 16.1 Å². The van der Waals surface area contributed by atoms with E-state index in [0.29, 0.717) is 18.7 Å². The van der Waals surface area contributed by atoms with Crippen molar-refractivity contribution in [3.63, 3.8) is 0 Å². The van der Waals surface area contributed by atoms with Gasteiger partial charge in [-0.05, 0) is 17.7 Å². The lowest BCUT2D eigenvalue weighted by atomic mass is 10.1. The van der Waals surface area contributed by atoms with Crippen LogP contribution in [-0.2, 0) is 14.8 Å². The zero-order valence-electron chi connectivity index (χ0n) is 9.76. The predicted molar refractivity (Wildman–Crippen MR) is 71.4 cm³/mol. The summed E-state index contributed by atoms with van der Waals surface area (Å²) in [7, 11) is -3.41. The summed E-state index contributed by atoms with van der Waals surface area (Å²) < 4.78 is 25.6. The number of carbonyl (C=O) groups excluding carboxylic acids is 1. The maximum atomic E-state index is 11.9. The molecule has 1 fully saturated rings. The van der Waals surface area contributed by atoms with E-state index in [4.69, 9.17) is 0 Å². The molecule has 0 aliphatic carbocycles. The molecular formula is C11H13BrN2O3S. The Morgan fingerprint density at radius 3 is 2.50 bits per heavy atom. The highest BCUT2D eigenvalue weighted by Crippen LogP contribution is 2.26. The Hall–Kier alpha value is -0.920. The fourth-order valence-electron chi connectivity index (χ4n) is 1.97. The first-order chi connectivity index (χ1) is 8.39. The molecule has 2 rings (SSSR count). The maximum absolute atomic E-state index is 11.9. The molecule has 0 aromatic heterocycles. The molecule has 18 heavy (non-hydrogen) atoms. The van der Waals surface area contributed by atoms with E-state index in [-0.39, 0.29) is 5.91 Å². The monoisotopic (exact) mass is 332 g/mol. The van der Waals surface area contributed by atoms with Crippen molar-refractivity contribution in [3.8, 4) is 0 Å². The number of piperazine rings is 1. The maximum Gasteiger partial charge on any atom is 0.243 e. The molecule has 7 heteroatoms. The van der Waals surface area contributed by atoms with E-state index in [1.807, 2.05) is 0 Å². The summed E-state index contributed by atoms with van der Waals surface area (Å²) in [5, 5.41) is 2.69. The third-order valence-corrected chi connectivity index (χ3v) is 4.55. The predicted octanol–water partition coefficient (Wildman–Crippen LogP) is 0.882. The van der Waals surface area contributed by atoms with E-state index in [1.54, 1.807) is 24.3 Å². The molecule has 98 valence electrons. The molecule has 1 aliphatic rings. The van der Waals surface area contributed by atoms with Gasteiger partial charge in [0.2, 0.25) is 15.9 Å². The average Bonchev–Trinajstić information content (AvgIpc) is 2.29. The Morgan fingerprint density at radius 1 is 1.33 bits per heavy atom. The molecule has 0 radical (unpaired) electrons. The van der Waals surface area contributed by atoms with Crippen LogP contribution in [0.3, 0.4) is 0 Å². The van der Waals surface area contributed by atoms with Crippen LogP contribution in [0.2, 0.25) is 0 Å². The number of carbonyl (C=O) groups is 1. The topological polar surface area (TPSA) is 66.5 Å². The standard InChI is InChI=1S/C11H13BrN2O3S/c1-18(16,17)14-7-6-13-11(15)10(14)8-2-4-9(12)5-3-8/h2-5,10H,6-7H2,1H3,(H,13,15). The lowest BCUT2D eigenvalue weighted by Gasteiger charge is -2.33. The molecule has 1 N–H and O–H groups in total. The quantitative estimate of drug-likeness (QED) is 0.874. The molecule has 1 unspecified atom stereocenters. The number of nitrogens with zero attached hydrogens (tertiary/aromatic N) is 1. The molecule has 5 nitrogen and oxygen atoms in total. The number of nitrogens with one attached hydrogen (secondary N) is 1. The van der Waals surface area contributed by atoms with E-state index in [2.05, 4.69) is 21.2 Å². The van der Waals surface area contributed by atoms with E-state index in [1.165, 1.54) is 4.31 Å². The second-order valence-electron chi connectivity index (χ2n) is 4.12. The van der Waals surface area contributed by atoms with Crippen LogP contribution < -0.4 is 5.32 Å². The molecule has 0 spiro atoms. The molecule has 1 aliphatic heterocycles. The fourth-order valence-corrected chi connectivity index (χ4v) is 3.25. The molecule has 0 bridgehead atoms. The summed E-state index contributed by atoms with van der Waals surface area (Å²) >= 11 is 3.31. The lowest BCUT2D eigenvalue weighted by Crippen LogP contribution is -2.51. The van der Waals surface area contributed by atoms with E-state index in [0.717, 1.165) is 10.7 Å². The number of sulfonamides is 1. The molecule has 1 aromatic carbocycles. The lowest BCUT2D eigenvalue weighted by molar-refractivity contribution is -0.126.